The molecular weight excluding hydrogens is 392 g/mol. The molecule has 0 spiro atoms. The van der Waals surface area contributed by atoms with Crippen molar-refractivity contribution in [1.82, 2.24) is 10.2 Å². The van der Waals surface area contributed by atoms with Crippen LogP contribution in [0, 0.1) is 0 Å². The van der Waals surface area contributed by atoms with Crippen LogP contribution < -0.4 is 14.8 Å². The number of benzene rings is 2. The van der Waals surface area contributed by atoms with Crippen LogP contribution >= 0.6 is 0 Å². The second-order valence-electron chi connectivity index (χ2n) is 7.34. The molecule has 0 saturated carbocycles. The SMILES string of the molecule is CCCNC(=O)c1ccc(CN(Cc2ccccc2)Cc2ccc(OC)c(OC)c2)o1. The van der Waals surface area contributed by atoms with E-state index in [4.69, 9.17) is 13.9 Å². The lowest BCUT2D eigenvalue weighted by Crippen LogP contribution is -2.23. The van der Waals surface area contributed by atoms with Gasteiger partial charge in [0.1, 0.15) is 5.76 Å². The quantitative estimate of drug-likeness (QED) is 0.488. The number of rotatable bonds is 11. The highest BCUT2D eigenvalue weighted by atomic mass is 16.5. The molecule has 1 N–H and O–H groups in total. The summed E-state index contributed by atoms with van der Waals surface area (Å²) >= 11 is 0. The summed E-state index contributed by atoms with van der Waals surface area (Å²) in [6, 6.07) is 19.8. The van der Waals surface area contributed by atoms with Gasteiger partial charge >= 0.3 is 0 Å². The average Bonchev–Trinajstić information content (AvgIpc) is 3.26. The van der Waals surface area contributed by atoms with Crippen molar-refractivity contribution in [2.24, 2.45) is 0 Å². The fraction of sp³-hybridized carbons (Fsp3) is 0.320. The van der Waals surface area contributed by atoms with Crippen molar-refractivity contribution in [3.8, 4) is 11.5 Å². The predicted molar refractivity (Wildman–Crippen MR) is 120 cm³/mol. The first-order valence-corrected chi connectivity index (χ1v) is 10.5. The van der Waals surface area contributed by atoms with Crippen molar-refractivity contribution in [2.75, 3.05) is 20.8 Å². The number of nitrogens with zero attached hydrogens (tertiary/aromatic N) is 1. The Balaban J connectivity index is 1.77. The zero-order chi connectivity index (χ0) is 22.1. The zero-order valence-electron chi connectivity index (χ0n) is 18.4. The smallest absolute Gasteiger partial charge is 0.286 e. The number of nitrogens with one attached hydrogen (secondary N) is 1. The average molecular weight is 423 g/mol. The van der Waals surface area contributed by atoms with Gasteiger partial charge in [0.15, 0.2) is 17.3 Å². The van der Waals surface area contributed by atoms with Gasteiger partial charge in [-0.2, -0.15) is 0 Å². The van der Waals surface area contributed by atoms with Crippen molar-refractivity contribution in [3.05, 3.63) is 83.3 Å². The summed E-state index contributed by atoms with van der Waals surface area (Å²) in [5.41, 5.74) is 2.30. The molecule has 0 radical (unpaired) electrons. The van der Waals surface area contributed by atoms with Gasteiger partial charge in [0, 0.05) is 19.6 Å². The molecular formula is C25H30N2O4. The Morgan fingerprint density at radius 2 is 1.65 bits per heavy atom. The van der Waals surface area contributed by atoms with Crippen LogP contribution in [-0.4, -0.2) is 31.6 Å². The third-order valence-corrected chi connectivity index (χ3v) is 4.90. The summed E-state index contributed by atoms with van der Waals surface area (Å²) in [4.78, 5) is 14.4. The fourth-order valence-electron chi connectivity index (χ4n) is 3.38. The molecule has 6 nitrogen and oxygen atoms in total. The van der Waals surface area contributed by atoms with Crippen LogP contribution in [0.4, 0.5) is 0 Å². The molecule has 0 fully saturated rings. The van der Waals surface area contributed by atoms with Crippen LogP contribution in [0.15, 0.2) is 65.1 Å². The first-order chi connectivity index (χ1) is 15.1. The van der Waals surface area contributed by atoms with Crippen LogP contribution in [0.1, 0.15) is 40.8 Å². The minimum absolute atomic E-state index is 0.178. The normalized spacial score (nSPS) is 10.8. The number of carbonyl (C=O) groups is 1. The van der Waals surface area contributed by atoms with Crippen molar-refractivity contribution < 1.29 is 18.7 Å². The second kappa shape index (κ2) is 11.2. The van der Waals surface area contributed by atoms with E-state index in [0.29, 0.717) is 36.9 Å². The third-order valence-electron chi connectivity index (χ3n) is 4.90. The maximum atomic E-state index is 12.2. The van der Waals surface area contributed by atoms with E-state index in [9.17, 15) is 4.79 Å². The summed E-state index contributed by atoms with van der Waals surface area (Å²) in [5.74, 6) is 2.32. The van der Waals surface area contributed by atoms with Crippen molar-refractivity contribution >= 4 is 5.91 Å². The molecule has 0 saturated heterocycles. The van der Waals surface area contributed by atoms with E-state index in [1.807, 2.05) is 49.4 Å². The molecule has 1 heterocycles. The molecule has 0 aliphatic carbocycles. The number of ether oxygens (including phenoxy) is 2. The van der Waals surface area contributed by atoms with E-state index in [0.717, 1.165) is 24.3 Å². The monoisotopic (exact) mass is 422 g/mol. The number of methoxy groups -OCH3 is 2. The summed E-state index contributed by atoms with van der Waals surface area (Å²) in [6.07, 6.45) is 0.884. The molecule has 1 aromatic heterocycles. The Hall–Kier alpha value is -3.25. The van der Waals surface area contributed by atoms with Gasteiger partial charge in [0.05, 0.1) is 20.8 Å². The Bertz CT molecular complexity index is 969. The van der Waals surface area contributed by atoms with E-state index in [1.165, 1.54) is 5.56 Å². The number of furan rings is 1. The van der Waals surface area contributed by atoms with Gasteiger partial charge in [-0.15, -0.1) is 0 Å². The van der Waals surface area contributed by atoms with E-state index < -0.39 is 0 Å². The van der Waals surface area contributed by atoms with E-state index in [2.05, 4.69) is 22.3 Å². The van der Waals surface area contributed by atoms with Gasteiger partial charge in [-0.1, -0.05) is 43.3 Å². The van der Waals surface area contributed by atoms with Gasteiger partial charge < -0.3 is 19.2 Å². The molecule has 3 rings (SSSR count). The molecule has 0 bridgehead atoms. The molecule has 1 amide bonds. The standard InChI is InChI=1S/C25H30N2O4/c1-4-14-26-25(28)23-13-11-21(31-23)18-27(16-19-8-6-5-7-9-19)17-20-10-12-22(29-2)24(15-20)30-3/h5-13,15H,4,14,16-18H2,1-3H3,(H,26,28). The Morgan fingerprint density at radius 1 is 0.903 bits per heavy atom. The van der Waals surface area contributed by atoms with Crippen LogP contribution in [0.5, 0.6) is 11.5 Å². The highest BCUT2D eigenvalue weighted by Crippen LogP contribution is 2.28. The lowest BCUT2D eigenvalue weighted by atomic mass is 10.1. The van der Waals surface area contributed by atoms with E-state index in [1.54, 1.807) is 20.3 Å². The first kappa shape index (κ1) is 22.4. The van der Waals surface area contributed by atoms with Gasteiger partial charge in [-0.3, -0.25) is 9.69 Å². The van der Waals surface area contributed by atoms with Crippen LogP contribution in [0.25, 0.3) is 0 Å². The topological polar surface area (TPSA) is 63.9 Å². The Labute approximate surface area is 183 Å². The molecule has 0 aliphatic heterocycles. The Morgan fingerprint density at radius 3 is 2.35 bits per heavy atom. The second-order valence-corrected chi connectivity index (χ2v) is 7.34. The fourth-order valence-corrected chi connectivity index (χ4v) is 3.38. The molecule has 31 heavy (non-hydrogen) atoms. The molecule has 164 valence electrons. The highest BCUT2D eigenvalue weighted by Gasteiger charge is 2.15. The summed E-state index contributed by atoms with van der Waals surface area (Å²) in [6.45, 7) is 4.66. The summed E-state index contributed by atoms with van der Waals surface area (Å²) < 4.78 is 16.6. The van der Waals surface area contributed by atoms with Gasteiger partial charge in [0.25, 0.3) is 5.91 Å². The van der Waals surface area contributed by atoms with Gasteiger partial charge in [-0.05, 0) is 41.8 Å². The zero-order valence-corrected chi connectivity index (χ0v) is 18.4. The molecule has 2 aromatic carbocycles. The maximum Gasteiger partial charge on any atom is 0.286 e. The summed E-state index contributed by atoms with van der Waals surface area (Å²) in [5, 5.41) is 2.85. The molecule has 3 aromatic rings. The minimum atomic E-state index is -0.178. The lowest BCUT2D eigenvalue weighted by molar-refractivity contribution is 0.0921. The van der Waals surface area contributed by atoms with Crippen LogP contribution in [0.2, 0.25) is 0 Å². The van der Waals surface area contributed by atoms with Crippen LogP contribution in [-0.2, 0) is 19.6 Å². The minimum Gasteiger partial charge on any atom is -0.493 e. The van der Waals surface area contributed by atoms with Crippen molar-refractivity contribution in [3.63, 3.8) is 0 Å². The maximum absolute atomic E-state index is 12.2. The highest BCUT2D eigenvalue weighted by molar-refractivity contribution is 5.91. The summed E-state index contributed by atoms with van der Waals surface area (Å²) in [7, 11) is 3.27. The van der Waals surface area contributed by atoms with E-state index in [-0.39, 0.29) is 5.91 Å². The molecule has 0 unspecified atom stereocenters. The van der Waals surface area contributed by atoms with Crippen molar-refractivity contribution in [1.29, 1.82) is 0 Å². The van der Waals surface area contributed by atoms with Crippen molar-refractivity contribution in [2.45, 2.75) is 33.0 Å². The molecule has 0 atom stereocenters. The van der Waals surface area contributed by atoms with Crippen LogP contribution in [0.3, 0.4) is 0 Å². The van der Waals surface area contributed by atoms with E-state index >= 15 is 0 Å². The number of carbonyl (C=O) groups excluding carboxylic acids is 1. The predicted octanol–water partition coefficient (Wildman–Crippen LogP) is 4.64. The number of amides is 1. The Kier molecular flexibility index (Phi) is 8.12. The lowest BCUT2D eigenvalue weighted by Gasteiger charge is -2.22. The largest absolute Gasteiger partial charge is 0.493 e. The number of hydrogen-bond acceptors (Lipinski definition) is 5. The first-order valence-electron chi connectivity index (χ1n) is 10.5. The van der Waals surface area contributed by atoms with Gasteiger partial charge in [0.2, 0.25) is 0 Å². The third kappa shape index (κ3) is 6.36. The van der Waals surface area contributed by atoms with Gasteiger partial charge in [-0.25, -0.2) is 0 Å². The number of hydrogen-bond donors (Lipinski definition) is 1. The molecule has 6 heteroatoms. The molecule has 0 aliphatic rings.